The molecule has 0 aromatic carbocycles. The molecule has 1 aliphatic rings. The average molecular weight is 427 g/mol. The highest BCUT2D eigenvalue weighted by molar-refractivity contribution is 6.03. The Labute approximate surface area is 182 Å². The van der Waals surface area contributed by atoms with Crippen LogP contribution in [0.2, 0.25) is 0 Å². The van der Waals surface area contributed by atoms with Crippen molar-refractivity contribution >= 4 is 11.8 Å². The summed E-state index contributed by atoms with van der Waals surface area (Å²) in [4.78, 5) is 25.1. The molecule has 2 amide bonds. The molecule has 1 aromatic rings. The van der Waals surface area contributed by atoms with Gasteiger partial charge in [-0.3, -0.25) is 14.5 Å². The van der Waals surface area contributed by atoms with Crippen molar-refractivity contribution in [3.05, 3.63) is 11.9 Å². The number of nitrogens with zero attached hydrogens (tertiary/aromatic N) is 4. The topological polar surface area (TPSA) is 97.6 Å². The summed E-state index contributed by atoms with van der Waals surface area (Å²) < 4.78 is 7.64. The van der Waals surface area contributed by atoms with Crippen LogP contribution in [0.15, 0.2) is 6.20 Å². The van der Waals surface area contributed by atoms with Crippen LogP contribution in [-0.4, -0.2) is 55.6 Å². The molecule has 1 aromatic heterocycles. The first-order valence-electron chi connectivity index (χ1n) is 11.1. The van der Waals surface area contributed by atoms with Gasteiger partial charge in [0, 0.05) is 25.6 Å². The summed E-state index contributed by atoms with van der Waals surface area (Å²) in [6, 6.07) is 0. The number of rotatable bonds is 9. The van der Waals surface area contributed by atoms with Gasteiger partial charge in [0.05, 0.1) is 24.9 Å². The van der Waals surface area contributed by atoms with Crippen molar-refractivity contribution in [2.75, 3.05) is 13.2 Å². The second-order valence-electron chi connectivity index (χ2n) is 8.35. The Morgan fingerprint density at radius 3 is 2.37 bits per heavy atom. The molecule has 1 atom stereocenters. The molecular weight excluding hydrogens is 384 g/mol. The highest BCUT2D eigenvalue weighted by Gasteiger charge is 2.35. The van der Waals surface area contributed by atoms with E-state index >= 15 is 0 Å². The number of aliphatic hydroxyl groups is 1. The molecule has 1 saturated heterocycles. The lowest BCUT2D eigenvalue weighted by Gasteiger charge is -2.25. The number of imide groups is 1. The standard InChI is InChI=1S/C17H28N4O3.C3H8O.C2H6/c1-12(2)6-7-24-17(4,5)11-20-9-14(18-19-20)10-21-15(22)8-13(3)16(21)23;1-2-3-4;1-2/h9,12-13H,6-8,10-11H2,1-5H3;4H,2-3H2,1H3;1-2H3. The Bertz CT molecular complexity index is 626. The fraction of sp³-hybridized carbons (Fsp3) is 0.818. The summed E-state index contributed by atoms with van der Waals surface area (Å²) in [6.45, 7) is 17.9. The lowest BCUT2D eigenvalue weighted by atomic mass is 10.1. The summed E-state index contributed by atoms with van der Waals surface area (Å²) in [5.74, 6) is 0.101. The van der Waals surface area contributed by atoms with E-state index < -0.39 is 0 Å². The summed E-state index contributed by atoms with van der Waals surface area (Å²) in [5, 5.41) is 16.0. The summed E-state index contributed by atoms with van der Waals surface area (Å²) in [6.07, 6.45) is 3.95. The van der Waals surface area contributed by atoms with Crippen LogP contribution in [0.4, 0.5) is 0 Å². The van der Waals surface area contributed by atoms with E-state index in [9.17, 15) is 9.59 Å². The predicted molar refractivity (Wildman–Crippen MR) is 118 cm³/mol. The van der Waals surface area contributed by atoms with Gasteiger partial charge in [0.2, 0.25) is 11.8 Å². The first kappa shape index (κ1) is 28.2. The third kappa shape index (κ3) is 10.3. The molecule has 2 heterocycles. The van der Waals surface area contributed by atoms with E-state index in [0.717, 1.165) is 12.8 Å². The van der Waals surface area contributed by atoms with Crippen LogP contribution in [0.3, 0.4) is 0 Å². The van der Waals surface area contributed by atoms with Gasteiger partial charge in [0.25, 0.3) is 0 Å². The molecule has 0 saturated carbocycles. The Balaban J connectivity index is 0.00000125. The quantitative estimate of drug-likeness (QED) is 0.608. The molecule has 1 aliphatic heterocycles. The molecule has 1 unspecified atom stereocenters. The van der Waals surface area contributed by atoms with Crippen molar-refractivity contribution < 1.29 is 19.4 Å². The van der Waals surface area contributed by atoms with Crippen LogP contribution in [0, 0.1) is 11.8 Å². The van der Waals surface area contributed by atoms with Crippen molar-refractivity contribution in [1.82, 2.24) is 19.9 Å². The Kier molecular flexibility index (Phi) is 13.4. The fourth-order valence-electron chi connectivity index (χ4n) is 2.67. The van der Waals surface area contributed by atoms with E-state index in [-0.39, 0.29) is 36.3 Å². The second-order valence-corrected chi connectivity index (χ2v) is 8.35. The monoisotopic (exact) mass is 426 g/mol. The van der Waals surface area contributed by atoms with Gasteiger partial charge in [-0.25, -0.2) is 4.68 Å². The van der Waals surface area contributed by atoms with Gasteiger partial charge in [-0.05, 0) is 32.6 Å². The van der Waals surface area contributed by atoms with Crippen LogP contribution in [0.5, 0.6) is 0 Å². The maximum absolute atomic E-state index is 12.0. The zero-order chi connectivity index (χ0) is 23.3. The van der Waals surface area contributed by atoms with Crippen molar-refractivity contribution in [2.24, 2.45) is 11.8 Å². The molecule has 8 nitrogen and oxygen atoms in total. The number of carbonyl (C=O) groups excluding carboxylic acids is 2. The van der Waals surface area contributed by atoms with Crippen LogP contribution < -0.4 is 0 Å². The zero-order valence-electron chi connectivity index (χ0n) is 20.1. The molecule has 0 radical (unpaired) electrons. The van der Waals surface area contributed by atoms with E-state index in [1.807, 2.05) is 34.6 Å². The molecule has 1 N–H and O–H groups in total. The second kappa shape index (κ2) is 14.2. The maximum Gasteiger partial charge on any atom is 0.232 e. The van der Waals surface area contributed by atoms with E-state index in [1.54, 1.807) is 17.8 Å². The van der Waals surface area contributed by atoms with Crippen molar-refractivity contribution in [3.63, 3.8) is 0 Å². The van der Waals surface area contributed by atoms with Crippen LogP contribution in [0.1, 0.15) is 80.3 Å². The molecule has 2 rings (SSSR count). The molecule has 174 valence electrons. The lowest BCUT2D eigenvalue weighted by molar-refractivity contribution is -0.140. The van der Waals surface area contributed by atoms with Gasteiger partial charge in [-0.15, -0.1) is 5.10 Å². The van der Waals surface area contributed by atoms with Gasteiger partial charge >= 0.3 is 0 Å². The first-order chi connectivity index (χ1) is 14.1. The number of aliphatic hydroxyl groups excluding tert-OH is 1. The molecular formula is C22H42N4O4. The highest BCUT2D eigenvalue weighted by atomic mass is 16.5. The summed E-state index contributed by atoms with van der Waals surface area (Å²) >= 11 is 0. The number of amides is 2. The van der Waals surface area contributed by atoms with Gasteiger partial charge in [-0.2, -0.15) is 0 Å². The number of carbonyl (C=O) groups is 2. The number of aromatic nitrogens is 3. The number of ether oxygens (including phenoxy) is 1. The maximum atomic E-state index is 12.0. The first-order valence-corrected chi connectivity index (χ1v) is 11.1. The lowest BCUT2D eigenvalue weighted by Crippen LogP contribution is -2.31. The predicted octanol–water partition coefficient (Wildman–Crippen LogP) is 3.43. The van der Waals surface area contributed by atoms with Crippen molar-refractivity contribution in [3.8, 4) is 0 Å². The molecule has 8 heteroatoms. The van der Waals surface area contributed by atoms with Gasteiger partial charge < -0.3 is 9.84 Å². The Morgan fingerprint density at radius 1 is 1.30 bits per heavy atom. The summed E-state index contributed by atoms with van der Waals surface area (Å²) in [7, 11) is 0. The molecule has 0 aliphatic carbocycles. The smallest absolute Gasteiger partial charge is 0.232 e. The third-order valence-corrected chi connectivity index (χ3v) is 4.33. The zero-order valence-corrected chi connectivity index (χ0v) is 20.1. The van der Waals surface area contributed by atoms with Crippen molar-refractivity contribution in [2.45, 2.75) is 93.3 Å². The van der Waals surface area contributed by atoms with Crippen LogP contribution in [-0.2, 0) is 27.4 Å². The molecule has 0 bridgehead atoms. The average Bonchev–Trinajstić information content (AvgIpc) is 3.21. The molecule has 1 fully saturated rings. The van der Waals surface area contributed by atoms with E-state index in [2.05, 4.69) is 24.2 Å². The highest BCUT2D eigenvalue weighted by Crippen LogP contribution is 2.21. The van der Waals surface area contributed by atoms with Gasteiger partial charge in [-0.1, -0.05) is 46.8 Å². The van der Waals surface area contributed by atoms with E-state index in [4.69, 9.17) is 9.84 Å². The minimum absolute atomic E-state index is 0.133. The molecule has 30 heavy (non-hydrogen) atoms. The molecule has 0 spiro atoms. The fourth-order valence-corrected chi connectivity index (χ4v) is 2.67. The van der Waals surface area contributed by atoms with E-state index in [0.29, 0.717) is 31.4 Å². The van der Waals surface area contributed by atoms with Crippen LogP contribution >= 0.6 is 0 Å². The normalized spacial score (nSPS) is 16.3. The largest absolute Gasteiger partial charge is 0.396 e. The van der Waals surface area contributed by atoms with Crippen LogP contribution in [0.25, 0.3) is 0 Å². The number of likely N-dealkylation sites (tertiary alicyclic amines) is 1. The summed E-state index contributed by atoms with van der Waals surface area (Å²) in [5.41, 5.74) is 0.261. The number of hydrogen-bond acceptors (Lipinski definition) is 6. The Morgan fingerprint density at radius 2 is 1.90 bits per heavy atom. The minimum atomic E-state index is -0.354. The number of hydrogen-bond donors (Lipinski definition) is 1. The van der Waals surface area contributed by atoms with Gasteiger partial charge in [0.1, 0.15) is 5.69 Å². The SMILES string of the molecule is CC.CC(C)CCOC(C)(C)Cn1cc(CN2C(=O)CC(C)C2=O)nn1.CCCO. The Hall–Kier alpha value is -1.80. The third-order valence-electron chi connectivity index (χ3n) is 4.33. The van der Waals surface area contributed by atoms with Gasteiger partial charge in [0.15, 0.2) is 0 Å². The van der Waals surface area contributed by atoms with E-state index in [1.165, 1.54) is 4.90 Å². The minimum Gasteiger partial charge on any atom is -0.396 e. The van der Waals surface area contributed by atoms with Crippen molar-refractivity contribution in [1.29, 1.82) is 0 Å².